The molecule has 1 unspecified atom stereocenters. The zero-order chi connectivity index (χ0) is 11.7. The molecule has 2 rings (SSSR count). The van der Waals surface area contributed by atoms with E-state index in [9.17, 15) is 5.11 Å². The van der Waals surface area contributed by atoms with Gasteiger partial charge in [-0.05, 0) is 35.3 Å². The van der Waals surface area contributed by atoms with Crippen LogP contribution in [0.4, 0.5) is 0 Å². The third-order valence-corrected chi connectivity index (χ3v) is 2.98. The van der Waals surface area contributed by atoms with Crippen molar-refractivity contribution in [2.75, 3.05) is 14.2 Å². The molecule has 0 bridgehead atoms. The summed E-state index contributed by atoms with van der Waals surface area (Å²) in [7, 11) is 3.21. The van der Waals surface area contributed by atoms with Crippen molar-refractivity contribution < 1.29 is 14.6 Å². The lowest BCUT2D eigenvalue weighted by Gasteiger charge is -2.12. The fraction of sp³-hybridized carbons (Fsp3) is 0.385. The number of hydrogen-bond donors (Lipinski definition) is 1. The zero-order valence-electron chi connectivity index (χ0n) is 9.78. The summed E-state index contributed by atoms with van der Waals surface area (Å²) >= 11 is 0. The highest BCUT2D eigenvalue weighted by Crippen LogP contribution is 2.41. The van der Waals surface area contributed by atoms with E-state index < -0.39 is 6.10 Å². The summed E-state index contributed by atoms with van der Waals surface area (Å²) < 4.78 is 10.4. The van der Waals surface area contributed by atoms with Crippen molar-refractivity contribution in [1.82, 2.24) is 0 Å². The third kappa shape index (κ3) is 1.57. The Kier molecular flexibility index (Phi) is 2.88. The predicted octanol–water partition coefficient (Wildman–Crippen LogP) is 2.54. The van der Waals surface area contributed by atoms with Crippen molar-refractivity contribution in [1.29, 1.82) is 0 Å². The molecule has 1 aromatic carbocycles. The van der Waals surface area contributed by atoms with Crippen molar-refractivity contribution in [3.63, 3.8) is 0 Å². The Bertz CT molecular complexity index is 435. The van der Waals surface area contributed by atoms with E-state index in [2.05, 4.69) is 0 Å². The molecule has 1 aromatic rings. The number of rotatable bonds is 3. The second-order valence-corrected chi connectivity index (χ2v) is 3.81. The van der Waals surface area contributed by atoms with Crippen LogP contribution in [-0.4, -0.2) is 19.3 Å². The molecule has 0 heterocycles. The first-order valence-electron chi connectivity index (χ1n) is 5.35. The summed E-state index contributed by atoms with van der Waals surface area (Å²) in [6, 6.07) is 3.75. The van der Waals surface area contributed by atoms with E-state index in [1.807, 2.05) is 25.1 Å². The van der Waals surface area contributed by atoms with Crippen LogP contribution in [-0.2, 0) is 0 Å². The highest BCUT2D eigenvalue weighted by atomic mass is 16.5. The van der Waals surface area contributed by atoms with Gasteiger partial charge in [0.1, 0.15) is 6.10 Å². The number of methoxy groups -OCH3 is 2. The van der Waals surface area contributed by atoms with Gasteiger partial charge in [0.05, 0.1) is 14.2 Å². The Hall–Kier alpha value is -1.48. The summed E-state index contributed by atoms with van der Waals surface area (Å²) in [6.45, 7) is 2.04. The molecule has 0 spiro atoms. The molecule has 3 heteroatoms. The van der Waals surface area contributed by atoms with Gasteiger partial charge in [-0.25, -0.2) is 0 Å². The summed E-state index contributed by atoms with van der Waals surface area (Å²) in [5.74, 6) is 1.35. The van der Waals surface area contributed by atoms with E-state index in [0.717, 1.165) is 23.1 Å². The number of aliphatic hydroxyl groups excluding tert-OH is 1. The minimum Gasteiger partial charge on any atom is -0.493 e. The molecule has 86 valence electrons. The number of ether oxygens (including phenoxy) is 2. The normalized spacial score (nSPS) is 18.0. The molecule has 0 radical (unpaired) electrons. The summed E-state index contributed by atoms with van der Waals surface area (Å²) in [4.78, 5) is 0. The van der Waals surface area contributed by atoms with Gasteiger partial charge < -0.3 is 14.6 Å². The highest BCUT2D eigenvalue weighted by Gasteiger charge is 2.24. The largest absolute Gasteiger partial charge is 0.493 e. The molecule has 0 aliphatic heterocycles. The van der Waals surface area contributed by atoms with Gasteiger partial charge in [0.15, 0.2) is 11.5 Å². The second kappa shape index (κ2) is 4.18. The topological polar surface area (TPSA) is 38.7 Å². The third-order valence-electron chi connectivity index (χ3n) is 2.98. The van der Waals surface area contributed by atoms with Gasteiger partial charge >= 0.3 is 0 Å². The second-order valence-electron chi connectivity index (χ2n) is 3.81. The van der Waals surface area contributed by atoms with Crippen molar-refractivity contribution in [3.05, 3.63) is 28.8 Å². The molecule has 0 saturated heterocycles. The Morgan fingerprint density at radius 1 is 1.19 bits per heavy atom. The Morgan fingerprint density at radius 3 is 2.38 bits per heavy atom. The minimum atomic E-state index is -0.500. The van der Waals surface area contributed by atoms with Crippen LogP contribution >= 0.6 is 0 Å². The summed E-state index contributed by atoms with van der Waals surface area (Å²) in [5.41, 5.74) is 2.95. The molecule has 1 aliphatic rings. The minimum absolute atomic E-state index is 0.500. The lowest BCUT2D eigenvalue weighted by atomic mass is 10.0. The average Bonchev–Trinajstić information content (AvgIpc) is 2.63. The number of aliphatic hydroxyl groups is 1. The van der Waals surface area contributed by atoms with Gasteiger partial charge in [0.25, 0.3) is 0 Å². The molecule has 1 atom stereocenters. The van der Waals surface area contributed by atoms with E-state index in [0.29, 0.717) is 11.5 Å². The van der Waals surface area contributed by atoms with Crippen LogP contribution in [0, 0.1) is 0 Å². The van der Waals surface area contributed by atoms with Crippen LogP contribution in [0.1, 0.15) is 30.6 Å². The molecule has 0 amide bonds. The van der Waals surface area contributed by atoms with E-state index in [4.69, 9.17) is 9.47 Å². The van der Waals surface area contributed by atoms with Crippen LogP contribution in [0.15, 0.2) is 17.7 Å². The average molecular weight is 220 g/mol. The Morgan fingerprint density at radius 2 is 1.81 bits per heavy atom. The SMILES string of the molecule is CCC1=Cc2cc(OC)c(OC)cc2C1O. The quantitative estimate of drug-likeness (QED) is 0.850. The fourth-order valence-electron chi connectivity index (χ4n) is 2.05. The van der Waals surface area contributed by atoms with Gasteiger partial charge in [-0.3, -0.25) is 0 Å². The van der Waals surface area contributed by atoms with Gasteiger partial charge in [-0.15, -0.1) is 0 Å². The molecule has 1 aliphatic carbocycles. The van der Waals surface area contributed by atoms with Crippen molar-refractivity contribution in [2.24, 2.45) is 0 Å². The predicted molar refractivity (Wildman–Crippen MR) is 62.8 cm³/mol. The van der Waals surface area contributed by atoms with E-state index in [-0.39, 0.29) is 0 Å². The maximum atomic E-state index is 10.1. The van der Waals surface area contributed by atoms with Crippen LogP contribution < -0.4 is 9.47 Å². The maximum Gasteiger partial charge on any atom is 0.161 e. The van der Waals surface area contributed by atoms with Crippen LogP contribution in [0.3, 0.4) is 0 Å². The Balaban J connectivity index is 2.50. The van der Waals surface area contributed by atoms with Crippen LogP contribution in [0.25, 0.3) is 6.08 Å². The van der Waals surface area contributed by atoms with Gasteiger partial charge in [-0.2, -0.15) is 0 Å². The zero-order valence-corrected chi connectivity index (χ0v) is 9.78. The monoisotopic (exact) mass is 220 g/mol. The molecule has 16 heavy (non-hydrogen) atoms. The molecular formula is C13H16O3. The molecule has 0 saturated carbocycles. The first-order chi connectivity index (χ1) is 7.71. The maximum absolute atomic E-state index is 10.1. The molecule has 0 aromatic heterocycles. The van der Waals surface area contributed by atoms with E-state index >= 15 is 0 Å². The lowest BCUT2D eigenvalue weighted by molar-refractivity contribution is 0.215. The van der Waals surface area contributed by atoms with Crippen LogP contribution in [0.5, 0.6) is 11.5 Å². The first kappa shape index (κ1) is 11.0. The number of hydrogen-bond acceptors (Lipinski definition) is 3. The van der Waals surface area contributed by atoms with E-state index in [1.165, 1.54) is 0 Å². The molecule has 1 N–H and O–H groups in total. The van der Waals surface area contributed by atoms with Crippen molar-refractivity contribution in [3.8, 4) is 11.5 Å². The first-order valence-corrected chi connectivity index (χ1v) is 5.35. The standard InChI is InChI=1S/C13H16O3/c1-4-8-5-9-6-11(15-2)12(16-3)7-10(9)13(8)14/h5-7,13-14H,4H2,1-3H3. The fourth-order valence-corrected chi connectivity index (χ4v) is 2.05. The van der Waals surface area contributed by atoms with Crippen molar-refractivity contribution >= 4 is 6.08 Å². The number of fused-ring (bicyclic) bond motifs is 1. The van der Waals surface area contributed by atoms with Crippen molar-refractivity contribution in [2.45, 2.75) is 19.4 Å². The summed E-state index contributed by atoms with van der Waals surface area (Å²) in [5, 5.41) is 10.1. The smallest absolute Gasteiger partial charge is 0.161 e. The molecule has 3 nitrogen and oxygen atoms in total. The van der Waals surface area contributed by atoms with Gasteiger partial charge in [-0.1, -0.05) is 13.0 Å². The lowest BCUT2D eigenvalue weighted by Crippen LogP contribution is -1.98. The highest BCUT2D eigenvalue weighted by molar-refractivity contribution is 5.69. The van der Waals surface area contributed by atoms with Crippen LogP contribution in [0.2, 0.25) is 0 Å². The molecule has 0 fully saturated rings. The van der Waals surface area contributed by atoms with E-state index in [1.54, 1.807) is 14.2 Å². The number of benzene rings is 1. The van der Waals surface area contributed by atoms with Gasteiger partial charge in [0.2, 0.25) is 0 Å². The molecular weight excluding hydrogens is 204 g/mol. The summed E-state index contributed by atoms with van der Waals surface area (Å²) in [6.07, 6.45) is 2.36. The van der Waals surface area contributed by atoms with Gasteiger partial charge in [0, 0.05) is 0 Å². The Labute approximate surface area is 95.3 Å².